The summed E-state index contributed by atoms with van der Waals surface area (Å²) in [5, 5.41) is 9.02. The molecule has 0 saturated carbocycles. The number of carboxylic acids is 1. The van der Waals surface area contributed by atoms with Gasteiger partial charge in [-0.05, 0) is 66.3 Å². The number of benzene rings is 3. The minimum atomic E-state index is -0.787. The molecule has 3 aromatic carbocycles. The Morgan fingerprint density at radius 2 is 1.38 bits per heavy atom. The number of hydrogen-bond donors (Lipinski definition) is 1. The van der Waals surface area contributed by atoms with E-state index in [2.05, 4.69) is 31.2 Å². The summed E-state index contributed by atoms with van der Waals surface area (Å²) in [6, 6.07) is 23.5. The molecule has 0 spiro atoms. The molecule has 1 atom stereocenters. The Labute approximate surface area is 189 Å². The summed E-state index contributed by atoms with van der Waals surface area (Å²) in [5.74, 6) is -0.368. The highest BCUT2D eigenvalue weighted by Gasteiger charge is 2.11. The molecule has 0 heterocycles. The van der Waals surface area contributed by atoms with Crippen LogP contribution in [0.2, 0.25) is 0 Å². The van der Waals surface area contributed by atoms with Crippen LogP contribution >= 0.6 is 0 Å². The van der Waals surface area contributed by atoms with Gasteiger partial charge < -0.3 is 9.84 Å². The molecule has 3 rings (SSSR count). The molecule has 1 N–H and O–H groups in total. The van der Waals surface area contributed by atoms with Gasteiger partial charge in [-0.3, -0.25) is 9.59 Å². The maximum Gasteiger partial charge on any atom is 0.306 e. The molecule has 1 unspecified atom stereocenters. The van der Waals surface area contributed by atoms with Crippen LogP contribution in [0.1, 0.15) is 42.3 Å². The fraction of sp³-hybridized carbons (Fsp3) is 0.214. The van der Waals surface area contributed by atoms with Crippen LogP contribution in [0.25, 0.3) is 16.7 Å². The van der Waals surface area contributed by atoms with Crippen molar-refractivity contribution in [1.29, 1.82) is 0 Å². The second kappa shape index (κ2) is 10.6. The number of ketones is 1. The van der Waals surface area contributed by atoms with Gasteiger partial charge in [-0.2, -0.15) is 0 Å². The molecule has 0 aliphatic heterocycles. The first-order valence-electron chi connectivity index (χ1n) is 10.7. The summed E-state index contributed by atoms with van der Waals surface area (Å²) in [5.41, 5.74) is 6.12. The molecule has 0 bridgehead atoms. The molecule has 0 aliphatic carbocycles. The summed E-state index contributed by atoms with van der Waals surface area (Å²) in [7, 11) is 0. The van der Waals surface area contributed by atoms with Gasteiger partial charge in [-0.1, -0.05) is 67.6 Å². The lowest BCUT2D eigenvalue weighted by atomic mass is 9.99. The standard InChI is InChI=1S/C28H28O4/c1-19(16-17-32-27-14-4-22(5-15-27)18-20(2)28(30)31)23-6-10-25(11-7-23)26-12-8-24(9-13-26)21(3)29/h4-16,20H,17-18H2,1-3H3,(H,30,31)/b19-16+. The van der Waals surface area contributed by atoms with E-state index in [9.17, 15) is 9.59 Å². The topological polar surface area (TPSA) is 63.6 Å². The summed E-state index contributed by atoms with van der Waals surface area (Å²) >= 11 is 0. The highest BCUT2D eigenvalue weighted by molar-refractivity contribution is 5.94. The number of rotatable bonds is 9. The third kappa shape index (κ3) is 6.17. The molecule has 4 heteroatoms. The van der Waals surface area contributed by atoms with Gasteiger partial charge in [0.1, 0.15) is 12.4 Å². The number of carbonyl (C=O) groups excluding carboxylic acids is 1. The van der Waals surface area contributed by atoms with Crippen molar-refractivity contribution in [3.05, 3.63) is 95.6 Å². The van der Waals surface area contributed by atoms with E-state index in [1.165, 1.54) is 0 Å². The van der Waals surface area contributed by atoms with E-state index < -0.39 is 11.9 Å². The number of hydrogen-bond acceptors (Lipinski definition) is 3. The molecule has 0 amide bonds. The summed E-state index contributed by atoms with van der Waals surface area (Å²) in [6.07, 6.45) is 2.54. The molecule has 0 fully saturated rings. The van der Waals surface area contributed by atoms with Crippen LogP contribution in [0.4, 0.5) is 0 Å². The SMILES string of the molecule is CC(=O)c1ccc(-c2ccc(/C(C)=C/COc3ccc(CC(C)C(=O)O)cc3)cc2)cc1. The average molecular weight is 429 g/mol. The maximum atomic E-state index is 11.4. The monoisotopic (exact) mass is 428 g/mol. The Morgan fingerprint density at radius 1 is 0.844 bits per heavy atom. The minimum absolute atomic E-state index is 0.0682. The van der Waals surface area contributed by atoms with Crippen LogP contribution in [-0.2, 0) is 11.2 Å². The van der Waals surface area contributed by atoms with Gasteiger partial charge in [-0.25, -0.2) is 0 Å². The normalized spacial score (nSPS) is 12.3. The van der Waals surface area contributed by atoms with Crippen LogP contribution in [0, 0.1) is 5.92 Å². The van der Waals surface area contributed by atoms with E-state index in [1.54, 1.807) is 13.8 Å². The zero-order valence-corrected chi connectivity index (χ0v) is 18.7. The molecule has 0 saturated heterocycles. The number of ether oxygens (including phenoxy) is 1. The van der Waals surface area contributed by atoms with Crippen molar-refractivity contribution in [1.82, 2.24) is 0 Å². The fourth-order valence-corrected chi connectivity index (χ4v) is 3.37. The smallest absolute Gasteiger partial charge is 0.306 e. The minimum Gasteiger partial charge on any atom is -0.490 e. The quantitative estimate of drug-likeness (QED) is 0.406. The lowest BCUT2D eigenvalue weighted by Crippen LogP contribution is -2.12. The predicted octanol–water partition coefficient (Wildman–Crippen LogP) is 6.30. The first-order chi connectivity index (χ1) is 15.3. The van der Waals surface area contributed by atoms with E-state index >= 15 is 0 Å². The van der Waals surface area contributed by atoms with Gasteiger partial charge >= 0.3 is 5.97 Å². The van der Waals surface area contributed by atoms with Gasteiger partial charge in [0.25, 0.3) is 0 Å². The Kier molecular flexibility index (Phi) is 7.61. The van der Waals surface area contributed by atoms with E-state index in [0.29, 0.717) is 18.6 Å². The largest absolute Gasteiger partial charge is 0.490 e. The van der Waals surface area contributed by atoms with Crippen LogP contribution in [0.3, 0.4) is 0 Å². The van der Waals surface area contributed by atoms with Crippen molar-refractivity contribution >= 4 is 17.3 Å². The maximum absolute atomic E-state index is 11.4. The predicted molar refractivity (Wildman–Crippen MR) is 128 cm³/mol. The lowest BCUT2D eigenvalue weighted by molar-refractivity contribution is -0.141. The van der Waals surface area contributed by atoms with Crippen LogP contribution in [0.15, 0.2) is 78.9 Å². The zero-order valence-electron chi connectivity index (χ0n) is 18.7. The van der Waals surface area contributed by atoms with Gasteiger partial charge in [0.15, 0.2) is 5.78 Å². The van der Waals surface area contributed by atoms with Crippen molar-refractivity contribution in [2.24, 2.45) is 5.92 Å². The fourth-order valence-electron chi connectivity index (χ4n) is 3.37. The highest BCUT2D eigenvalue weighted by atomic mass is 16.5. The van der Waals surface area contributed by atoms with Crippen molar-refractivity contribution in [2.45, 2.75) is 27.2 Å². The second-order valence-electron chi connectivity index (χ2n) is 8.00. The number of aliphatic carboxylic acids is 1. The lowest BCUT2D eigenvalue weighted by Gasteiger charge is -2.09. The molecule has 0 radical (unpaired) electrons. The molecule has 32 heavy (non-hydrogen) atoms. The molecular formula is C28H28O4. The van der Waals surface area contributed by atoms with Gasteiger partial charge in [-0.15, -0.1) is 0 Å². The van der Waals surface area contributed by atoms with E-state index in [0.717, 1.165) is 33.6 Å². The number of carboxylic acid groups (broad SMARTS) is 1. The molecule has 3 aromatic rings. The Hall–Kier alpha value is -3.66. The summed E-state index contributed by atoms with van der Waals surface area (Å²) < 4.78 is 5.81. The summed E-state index contributed by atoms with van der Waals surface area (Å²) in [6.45, 7) is 5.78. The van der Waals surface area contributed by atoms with Gasteiger partial charge in [0.2, 0.25) is 0 Å². The van der Waals surface area contributed by atoms with Crippen molar-refractivity contribution in [3.8, 4) is 16.9 Å². The number of allylic oxidation sites excluding steroid dienone is 1. The van der Waals surface area contributed by atoms with Gasteiger partial charge in [0, 0.05) is 5.56 Å². The Bertz CT molecular complexity index is 1090. The molecule has 164 valence electrons. The highest BCUT2D eigenvalue weighted by Crippen LogP contribution is 2.23. The molecular weight excluding hydrogens is 400 g/mol. The first kappa shape index (κ1) is 23.0. The van der Waals surface area contributed by atoms with Crippen molar-refractivity contribution < 1.29 is 19.4 Å². The Morgan fingerprint density at radius 3 is 1.88 bits per heavy atom. The van der Waals surface area contributed by atoms with E-state index in [1.807, 2.05) is 54.6 Å². The zero-order chi connectivity index (χ0) is 23.1. The summed E-state index contributed by atoms with van der Waals surface area (Å²) in [4.78, 5) is 22.4. The Balaban J connectivity index is 1.56. The van der Waals surface area contributed by atoms with Crippen molar-refractivity contribution in [3.63, 3.8) is 0 Å². The van der Waals surface area contributed by atoms with E-state index in [4.69, 9.17) is 9.84 Å². The van der Waals surface area contributed by atoms with Crippen molar-refractivity contribution in [2.75, 3.05) is 6.61 Å². The first-order valence-corrected chi connectivity index (χ1v) is 10.7. The number of Topliss-reactive ketones (excluding diaryl/α,β-unsaturated/α-hetero) is 1. The third-order valence-corrected chi connectivity index (χ3v) is 5.49. The third-order valence-electron chi connectivity index (χ3n) is 5.49. The molecule has 0 aliphatic rings. The molecule has 0 aromatic heterocycles. The van der Waals surface area contributed by atoms with Crippen LogP contribution < -0.4 is 4.74 Å². The second-order valence-corrected chi connectivity index (χ2v) is 8.00. The average Bonchev–Trinajstić information content (AvgIpc) is 2.80. The number of carbonyl (C=O) groups is 2. The van der Waals surface area contributed by atoms with Crippen LogP contribution in [0.5, 0.6) is 5.75 Å². The molecule has 4 nitrogen and oxygen atoms in total. The van der Waals surface area contributed by atoms with E-state index in [-0.39, 0.29) is 5.78 Å². The van der Waals surface area contributed by atoms with Crippen LogP contribution in [-0.4, -0.2) is 23.5 Å². The van der Waals surface area contributed by atoms with Gasteiger partial charge in [0.05, 0.1) is 5.92 Å².